The lowest BCUT2D eigenvalue weighted by Gasteiger charge is -2.02. The molecule has 0 aliphatic carbocycles. The summed E-state index contributed by atoms with van der Waals surface area (Å²) < 4.78 is 1.76. The van der Waals surface area contributed by atoms with Gasteiger partial charge in [-0.2, -0.15) is 5.10 Å². The van der Waals surface area contributed by atoms with Crippen LogP contribution in [0.25, 0.3) is 16.9 Å². The number of pyridine rings is 1. The Bertz CT molecular complexity index is 715. The molecule has 0 saturated carbocycles. The highest BCUT2D eigenvalue weighted by Gasteiger charge is 2.06. The van der Waals surface area contributed by atoms with E-state index in [0.29, 0.717) is 0 Å². The third-order valence-electron chi connectivity index (χ3n) is 2.99. The van der Waals surface area contributed by atoms with Crippen molar-refractivity contribution >= 4 is 5.69 Å². The van der Waals surface area contributed by atoms with Gasteiger partial charge in [0.15, 0.2) is 5.82 Å². The first-order valence-corrected chi connectivity index (χ1v) is 6.06. The van der Waals surface area contributed by atoms with Gasteiger partial charge in [-0.15, -0.1) is 0 Å². The average molecular weight is 250 g/mol. The van der Waals surface area contributed by atoms with Gasteiger partial charge in [0.05, 0.1) is 6.20 Å². The topological polar surface area (TPSA) is 56.7 Å². The van der Waals surface area contributed by atoms with Gasteiger partial charge in [-0.3, -0.25) is 0 Å². The molecule has 3 rings (SSSR count). The lowest BCUT2D eigenvalue weighted by molar-refractivity contribution is 0.845. The molecule has 94 valence electrons. The molecular weight excluding hydrogens is 236 g/mol. The number of para-hydroxylation sites is 1. The zero-order valence-electron chi connectivity index (χ0n) is 10.6. The maximum absolute atomic E-state index is 5.97. The van der Waals surface area contributed by atoms with Crippen LogP contribution in [0.3, 0.4) is 0 Å². The van der Waals surface area contributed by atoms with Crippen molar-refractivity contribution < 1.29 is 0 Å². The predicted molar refractivity (Wildman–Crippen MR) is 75.9 cm³/mol. The van der Waals surface area contributed by atoms with Crippen LogP contribution in [-0.2, 0) is 0 Å². The normalized spacial score (nSPS) is 10.6. The van der Waals surface area contributed by atoms with Crippen LogP contribution in [0.4, 0.5) is 5.69 Å². The second-order valence-electron chi connectivity index (χ2n) is 4.45. The molecule has 0 unspecified atom stereocenters. The molecule has 3 aromatic rings. The Hall–Kier alpha value is -2.62. The number of nitrogens with zero attached hydrogens (tertiary/aromatic N) is 3. The molecule has 0 aliphatic rings. The highest BCUT2D eigenvalue weighted by atomic mass is 15.3. The van der Waals surface area contributed by atoms with E-state index in [1.54, 1.807) is 17.1 Å². The fourth-order valence-electron chi connectivity index (χ4n) is 1.99. The zero-order chi connectivity index (χ0) is 13.2. The van der Waals surface area contributed by atoms with Gasteiger partial charge in [0.1, 0.15) is 0 Å². The highest BCUT2D eigenvalue weighted by molar-refractivity contribution is 5.75. The molecule has 4 heteroatoms. The van der Waals surface area contributed by atoms with E-state index in [4.69, 9.17) is 5.73 Å². The molecule has 19 heavy (non-hydrogen) atoms. The third kappa shape index (κ3) is 2.20. The summed E-state index contributed by atoms with van der Waals surface area (Å²) in [6.45, 7) is 2.03. The molecule has 0 amide bonds. The first kappa shape index (κ1) is 11.5. The minimum Gasteiger partial charge on any atom is -0.398 e. The highest BCUT2D eigenvalue weighted by Crippen LogP contribution is 2.25. The molecule has 2 N–H and O–H groups in total. The van der Waals surface area contributed by atoms with Gasteiger partial charge in [-0.25, -0.2) is 9.67 Å². The molecule has 4 nitrogen and oxygen atoms in total. The van der Waals surface area contributed by atoms with Gasteiger partial charge >= 0.3 is 0 Å². The lowest BCUT2D eigenvalue weighted by atomic mass is 10.1. The summed E-state index contributed by atoms with van der Waals surface area (Å²) in [6, 6.07) is 11.7. The van der Waals surface area contributed by atoms with E-state index in [1.807, 2.05) is 49.5 Å². The number of benzene rings is 1. The lowest BCUT2D eigenvalue weighted by Crippen LogP contribution is -1.97. The van der Waals surface area contributed by atoms with Gasteiger partial charge in [-0.05, 0) is 30.7 Å². The Morgan fingerprint density at radius 2 is 2.00 bits per heavy atom. The largest absolute Gasteiger partial charge is 0.398 e. The first-order valence-electron chi connectivity index (χ1n) is 6.06. The Balaban J connectivity index is 2.03. The second-order valence-corrected chi connectivity index (χ2v) is 4.45. The molecule has 1 aromatic carbocycles. The standard InChI is InChI=1S/C15H14N4/c1-11-6-7-17-15(8-11)19-10-12(9-18-19)13-4-2-3-5-14(13)16/h2-10H,16H2,1H3. The van der Waals surface area contributed by atoms with Crippen LogP contribution < -0.4 is 5.73 Å². The van der Waals surface area contributed by atoms with E-state index in [-0.39, 0.29) is 0 Å². The van der Waals surface area contributed by atoms with Crippen molar-refractivity contribution in [3.8, 4) is 16.9 Å². The van der Waals surface area contributed by atoms with Crippen molar-refractivity contribution in [2.45, 2.75) is 6.92 Å². The van der Waals surface area contributed by atoms with E-state index >= 15 is 0 Å². The average Bonchev–Trinajstić information content (AvgIpc) is 2.89. The van der Waals surface area contributed by atoms with Crippen LogP contribution >= 0.6 is 0 Å². The second kappa shape index (κ2) is 4.57. The Morgan fingerprint density at radius 3 is 2.79 bits per heavy atom. The molecule has 0 saturated heterocycles. The molecular formula is C15H14N4. The van der Waals surface area contributed by atoms with Crippen LogP contribution in [0.1, 0.15) is 5.56 Å². The van der Waals surface area contributed by atoms with Crippen molar-refractivity contribution in [2.24, 2.45) is 0 Å². The number of nitrogen functional groups attached to an aromatic ring is 1. The maximum atomic E-state index is 5.97. The summed E-state index contributed by atoms with van der Waals surface area (Å²) in [7, 11) is 0. The summed E-state index contributed by atoms with van der Waals surface area (Å²) >= 11 is 0. The number of hydrogen-bond donors (Lipinski definition) is 1. The molecule has 0 bridgehead atoms. The molecule has 0 aliphatic heterocycles. The van der Waals surface area contributed by atoms with Crippen molar-refractivity contribution in [2.75, 3.05) is 5.73 Å². The van der Waals surface area contributed by atoms with Crippen molar-refractivity contribution in [3.05, 3.63) is 60.6 Å². The summed E-state index contributed by atoms with van der Waals surface area (Å²) in [5.74, 6) is 0.806. The van der Waals surface area contributed by atoms with E-state index in [1.165, 1.54) is 0 Å². The van der Waals surface area contributed by atoms with Crippen LogP contribution in [0, 0.1) is 6.92 Å². The SMILES string of the molecule is Cc1ccnc(-n2cc(-c3ccccc3N)cn2)c1. The van der Waals surface area contributed by atoms with Crippen molar-refractivity contribution in [3.63, 3.8) is 0 Å². The van der Waals surface area contributed by atoms with E-state index in [0.717, 1.165) is 28.2 Å². The molecule has 0 spiro atoms. The zero-order valence-corrected chi connectivity index (χ0v) is 10.6. The number of hydrogen-bond acceptors (Lipinski definition) is 3. The van der Waals surface area contributed by atoms with Crippen molar-refractivity contribution in [1.29, 1.82) is 0 Å². The summed E-state index contributed by atoms with van der Waals surface area (Å²) in [6.07, 6.45) is 5.52. The monoisotopic (exact) mass is 250 g/mol. The van der Waals surface area contributed by atoms with Gasteiger partial charge in [0.25, 0.3) is 0 Å². The Labute approximate surface area is 111 Å². The van der Waals surface area contributed by atoms with Crippen molar-refractivity contribution in [1.82, 2.24) is 14.8 Å². The molecule has 2 aromatic heterocycles. The number of aryl methyl sites for hydroxylation is 1. The van der Waals surface area contributed by atoms with Gasteiger partial charge in [0, 0.05) is 29.2 Å². The first-order chi connectivity index (χ1) is 9.24. The third-order valence-corrected chi connectivity index (χ3v) is 2.99. The molecule has 2 heterocycles. The fourth-order valence-corrected chi connectivity index (χ4v) is 1.99. The predicted octanol–water partition coefficient (Wildman–Crippen LogP) is 2.82. The van der Waals surface area contributed by atoms with E-state index < -0.39 is 0 Å². The Kier molecular flexibility index (Phi) is 2.76. The summed E-state index contributed by atoms with van der Waals surface area (Å²) in [4.78, 5) is 4.31. The van der Waals surface area contributed by atoms with Crippen LogP contribution in [0.5, 0.6) is 0 Å². The van der Waals surface area contributed by atoms with Crippen LogP contribution in [-0.4, -0.2) is 14.8 Å². The van der Waals surface area contributed by atoms with E-state index in [2.05, 4.69) is 10.1 Å². The number of anilines is 1. The van der Waals surface area contributed by atoms with E-state index in [9.17, 15) is 0 Å². The summed E-state index contributed by atoms with van der Waals surface area (Å²) in [5, 5.41) is 4.34. The molecule has 0 radical (unpaired) electrons. The fraction of sp³-hybridized carbons (Fsp3) is 0.0667. The molecule has 0 fully saturated rings. The number of nitrogens with two attached hydrogens (primary N) is 1. The Morgan fingerprint density at radius 1 is 1.16 bits per heavy atom. The quantitative estimate of drug-likeness (QED) is 0.711. The number of aromatic nitrogens is 3. The maximum Gasteiger partial charge on any atom is 0.153 e. The van der Waals surface area contributed by atoms with Crippen LogP contribution in [0.15, 0.2) is 55.0 Å². The van der Waals surface area contributed by atoms with Gasteiger partial charge in [0.2, 0.25) is 0 Å². The smallest absolute Gasteiger partial charge is 0.153 e. The minimum absolute atomic E-state index is 0.749. The van der Waals surface area contributed by atoms with Crippen LogP contribution in [0.2, 0.25) is 0 Å². The minimum atomic E-state index is 0.749. The number of rotatable bonds is 2. The summed E-state index contributed by atoms with van der Waals surface area (Å²) in [5.41, 5.74) is 9.85. The van der Waals surface area contributed by atoms with Gasteiger partial charge in [-0.1, -0.05) is 18.2 Å². The molecule has 0 atom stereocenters. The van der Waals surface area contributed by atoms with Gasteiger partial charge < -0.3 is 5.73 Å².